The molecule has 0 aliphatic carbocycles. The van der Waals surface area contributed by atoms with Crippen LogP contribution in [0.15, 0.2) is 0 Å². The fourth-order valence-electron chi connectivity index (χ4n) is 0.301. The van der Waals surface area contributed by atoms with E-state index in [0.717, 1.165) is 5.25 Å². The molecule has 0 atom stereocenters. The molecule has 0 saturated heterocycles. The predicted molar refractivity (Wildman–Crippen MR) is 36.4 cm³/mol. The van der Waals surface area contributed by atoms with Crippen molar-refractivity contribution in [1.82, 2.24) is 0 Å². The summed E-state index contributed by atoms with van der Waals surface area (Å²) in [4.78, 5) is 0. The van der Waals surface area contributed by atoms with Crippen molar-refractivity contribution in [2.24, 2.45) is 0 Å². The van der Waals surface area contributed by atoms with Crippen LogP contribution in [-0.2, 0) is 0 Å². The Balaban J connectivity index is 2.42. The quantitative estimate of drug-likeness (QED) is 0.456. The second kappa shape index (κ2) is 1.20. The van der Waals surface area contributed by atoms with Crippen molar-refractivity contribution in [3.05, 3.63) is 0 Å². The van der Waals surface area contributed by atoms with Gasteiger partial charge in [-0.05, 0) is 16.8 Å². The zero-order chi connectivity index (χ0) is 5.49. The summed E-state index contributed by atoms with van der Waals surface area (Å²) in [6.45, 7) is 4.45. The van der Waals surface area contributed by atoms with Crippen LogP contribution in [0.5, 0.6) is 0 Å². The summed E-state index contributed by atoms with van der Waals surface area (Å²) in [5.74, 6) is 0. The Bertz CT molecular complexity index is 128. The molecule has 0 aromatic heterocycles. The molecule has 0 amide bonds. The molecule has 0 unspecified atom stereocenters. The Morgan fingerprint density at radius 2 is 1.71 bits per heavy atom. The average molecular weight is 114 g/mol. The van der Waals surface area contributed by atoms with E-state index in [4.69, 9.17) is 0 Å². The highest BCUT2D eigenvalue weighted by Gasteiger charge is 2.24. The molecule has 1 heteroatoms. The third kappa shape index (κ3) is 0.759. The summed E-state index contributed by atoms with van der Waals surface area (Å²) < 4.78 is 0. The molecule has 0 spiro atoms. The highest BCUT2D eigenvalue weighted by atomic mass is 32.3. The van der Waals surface area contributed by atoms with E-state index in [1.54, 1.807) is 0 Å². The zero-order valence-electron chi connectivity index (χ0n) is 4.99. The number of hydrogen-bond donors (Lipinski definition) is 0. The molecule has 0 nitrogen and oxygen atoms in total. The van der Waals surface area contributed by atoms with E-state index >= 15 is 0 Å². The molecule has 0 radical (unpaired) electrons. The third-order valence-electron chi connectivity index (χ3n) is 1.37. The monoisotopic (exact) mass is 114 g/mol. The molecule has 0 N–H and O–H groups in total. The first kappa shape index (κ1) is 5.05. The van der Waals surface area contributed by atoms with Crippen LogP contribution in [0.1, 0.15) is 13.8 Å². The Morgan fingerprint density at radius 3 is 1.71 bits per heavy atom. The standard InChI is InChI=1S/C6H10S/c1-6(2)7(3)4-5-7/h6H,1-3H3. The van der Waals surface area contributed by atoms with Crippen molar-refractivity contribution in [2.75, 3.05) is 6.26 Å². The van der Waals surface area contributed by atoms with Gasteiger partial charge in [-0.25, -0.2) is 0 Å². The van der Waals surface area contributed by atoms with Crippen molar-refractivity contribution in [1.29, 1.82) is 0 Å². The van der Waals surface area contributed by atoms with E-state index < -0.39 is 10.0 Å². The Kier molecular flexibility index (Phi) is 0.864. The van der Waals surface area contributed by atoms with Crippen LogP contribution in [-0.4, -0.2) is 11.5 Å². The van der Waals surface area contributed by atoms with Gasteiger partial charge in [0.25, 0.3) is 0 Å². The maximum absolute atomic E-state index is 3.14. The lowest BCUT2D eigenvalue weighted by Gasteiger charge is -2.15. The van der Waals surface area contributed by atoms with Gasteiger partial charge in [0.15, 0.2) is 0 Å². The molecule has 0 bridgehead atoms. The second-order valence-corrected chi connectivity index (χ2v) is 5.55. The van der Waals surface area contributed by atoms with Crippen molar-refractivity contribution in [3.63, 3.8) is 0 Å². The van der Waals surface area contributed by atoms with E-state index in [9.17, 15) is 0 Å². The fourth-order valence-corrected chi connectivity index (χ4v) is 1.30. The topological polar surface area (TPSA) is 0 Å². The first-order valence-corrected chi connectivity index (χ1v) is 4.56. The van der Waals surface area contributed by atoms with Crippen LogP contribution in [0.25, 0.3) is 0 Å². The van der Waals surface area contributed by atoms with Gasteiger partial charge in [0.2, 0.25) is 0 Å². The summed E-state index contributed by atoms with van der Waals surface area (Å²) in [6, 6.07) is 0. The Morgan fingerprint density at radius 1 is 1.29 bits per heavy atom. The number of rotatable bonds is 1. The van der Waals surface area contributed by atoms with Gasteiger partial charge in [-0.2, -0.15) is 0 Å². The summed E-state index contributed by atoms with van der Waals surface area (Å²) in [5.41, 5.74) is 0. The minimum absolute atomic E-state index is 0.491. The molecule has 0 fully saturated rings. The van der Waals surface area contributed by atoms with Gasteiger partial charge >= 0.3 is 0 Å². The molecule has 1 rings (SSSR count). The van der Waals surface area contributed by atoms with Gasteiger partial charge in [-0.15, -0.1) is 10.0 Å². The minimum Gasteiger partial charge on any atom is -0.112 e. The van der Waals surface area contributed by atoms with Crippen LogP contribution in [0.3, 0.4) is 0 Å². The lowest BCUT2D eigenvalue weighted by atomic mass is 10.6. The van der Waals surface area contributed by atoms with Gasteiger partial charge in [0.1, 0.15) is 0 Å². The maximum Gasteiger partial charge on any atom is 0.00370 e. The Labute approximate surface area is 46.6 Å². The van der Waals surface area contributed by atoms with Crippen molar-refractivity contribution >= 4 is 10.0 Å². The van der Waals surface area contributed by atoms with Gasteiger partial charge in [-0.1, -0.05) is 13.8 Å². The predicted octanol–water partition coefficient (Wildman–Crippen LogP) is 1.76. The highest BCUT2D eigenvalue weighted by molar-refractivity contribution is 8.45. The zero-order valence-corrected chi connectivity index (χ0v) is 5.80. The summed E-state index contributed by atoms with van der Waals surface area (Å²) >= 11 is 0. The largest absolute Gasteiger partial charge is 0.112 e. The van der Waals surface area contributed by atoms with Crippen molar-refractivity contribution < 1.29 is 0 Å². The van der Waals surface area contributed by atoms with Gasteiger partial charge in [-0.3, -0.25) is 0 Å². The van der Waals surface area contributed by atoms with Gasteiger partial charge in [0.05, 0.1) is 0 Å². The molecular weight excluding hydrogens is 104 g/mol. The summed E-state index contributed by atoms with van der Waals surface area (Å²) in [7, 11) is -0.491. The first-order valence-electron chi connectivity index (χ1n) is 2.46. The molecule has 1 aliphatic heterocycles. The minimum atomic E-state index is -0.491. The van der Waals surface area contributed by atoms with E-state index in [1.807, 2.05) is 0 Å². The third-order valence-corrected chi connectivity index (χ3v) is 4.10. The summed E-state index contributed by atoms with van der Waals surface area (Å²) in [5, 5.41) is 7.06. The summed E-state index contributed by atoms with van der Waals surface area (Å²) in [6.07, 6.45) is 2.23. The molecule has 1 aliphatic rings. The lowest BCUT2D eigenvalue weighted by molar-refractivity contribution is 1.11. The lowest BCUT2D eigenvalue weighted by Crippen LogP contribution is -1.96. The molecule has 7 heavy (non-hydrogen) atoms. The smallest absolute Gasteiger partial charge is 0.00370 e. The molecule has 40 valence electrons. The second-order valence-electron chi connectivity index (χ2n) is 2.23. The molecule has 0 aromatic carbocycles. The van der Waals surface area contributed by atoms with Crippen LogP contribution in [0, 0.1) is 10.5 Å². The molecule has 1 heterocycles. The van der Waals surface area contributed by atoms with Crippen molar-refractivity contribution in [3.8, 4) is 10.5 Å². The normalized spacial score (nSPS) is 25.7. The fraction of sp³-hybridized carbons (Fsp3) is 0.667. The Hall–Kier alpha value is -0.0900. The van der Waals surface area contributed by atoms with Crippen LogP contribution in [0.2, 0.25) is 0 Å². The highest BCUT2D eigenvalue weighted by Crippen LogP contribution is 2.55. The van der Waals surface area contributed by atoms with Gasteiger partial charge in [0, 0.05) is 5.25 Å². The van der Waals surface area contributed by atoms with Crippen LogP contribution >= 0.6 is 10.0 Å². The van der Waals surface area contributed by atoms with E-state index in [-0.39, 0.29) is 0 Å². The van der Waals surface area contributed by atoms with Gasteiger partial charge < -0.3 is 0 Å². The molecular formula is C6H10S. The van der Waals surface area contributed by atoms with E-state index in [1.165, 1.54) is 0 Å². The maximum atomic E-state index is 3.14. The SMILES string of the molecule is CC(C)S1(C)C#C1. The van der Waals surface area contributed by atoms with Crippen molar-refractivity contribution in [2.45, 2.75) is 19.1 Å². The molecule has 0 saturated carbocycles. The van der Waals surface area contributed by atoms with E-state index in [2.05, 4.69) is 30.6 Å². The first-order chi connectivity index (χ1) is 3.15. The number of hydrogen-bond acceptors (Lipinski definition) is 0. The average Bonchev–Trinajstić information content (AvgIpc) is 2.21. The van der Waals surface area contributed by atoms with Crippen LogP contribution < -0.4 is 0 Å². The molecule has 0 aromatic rings. The van der Waals surface area contributed by atoms with E-state index in [0.29, 0.717) is 0 Å². The van der Waals surface area contributed by atoms with Crippen LogP contribution in [0.4, 0.5) is 0 Å².